The van der Waals surface area contributed by atoms with E-state index in [4.69, 9.17) is 9.47 Å². The van der Waals surface area contributed by atoms with Gasteiger partial charge in [-0.2, -0.15) is 0 Å². The van der Waals surface area contributed by atoms with Crippen LogP contribution in [-0.2, 0) is 14.3 Å². The summed E-state index contributed by atoms with van der Waals surface area (Å²) in [7, 11) is 0. The Morgan fingerprint density at radius 1 is 1.00 bits per heavy atom. The highest BCUT2D eigenvalue weighted by molar-refractivity contribution is 5.94. The normalized spacial score (nSPS) is 11.8. The quantitative estimate of drug-likeness (QED) is 0.687. The number of amides is 1. The Bertz CT molecular complexity index is 632. The molecule has 0 saturated heterocycles. The van der Waals surface area contributed by atoms with Crippen LogP contribution in [0.4, 0.5) is 17.1 Å². The number of hydrogen-bond acceptors (Lipinski definition) is 4. The van der Waals surface area contributed by atoms with Gasteiger partial charge in [0.25, 0.3) is 5.91 Å². The summed E-state index contributed by atoms with van der Waals surface area (Å²) in [6, 6.07) is 17.4. The van der Waals surface area contributed by atoms with Crippen molar-refractivity contribution in [1.29, 1.82) is 0 Å². The van der Waals surface area contributed by atoms with E-state index in [1.165, 1.54) is 0 Å². The van der Waals surface area contributed by atoms with Gasteiger partial charge in [-0.25, -0.2) is 0 Å². The van der Waals surface area contributed by atoms with Crippen LogP contribution in [0.25, 0.3) is 0 Å². The average Bonchev–Trinajstić information content (AvgIpc) is 2.59. The van der Waals surface area contributed by atoms with Crippen LogP contribution in [-0.4, -0.2) is 31.8 Å². The van der Waals surface area contributed by atoms with Crippen LogP contribution in [0.1, 0.15) is 13.8 Å². The third-order valence-electron chi connectivity index (χ3n) is 3.36. The minimum absolute atomic E-state index is 0.177. The second-order valence-electron chi connectivity index (χ2n) is 5.27. The number of carbonyl (C=O) groups excluding carboxylic acids is 1. The first-order valence-electron chi connectivity index (χ1n) is 8.11. The van der Waals surface area contributed by atoms with Gasteiger partial charge in [-0.05, 0) is 44.2 Å². The highest BCUT2D eigenvalue weighted by Gasteiger charge is 2.13. The molecule has 1 atom stereocenters. The largest absolute Gasteiger partial charge is 0.379 e. The second kappa shape index (κ2) is 9.70. The molecule has 5 heteroatoms. The standard InChI is InChI=1S/C19H24N2O3/c1-3-23-12-13-24-15(2)19(22)21-18-11-7-10-17(14-18)20-16-8-5-4-6-9-16/h4-11,14-15,20H,3,12-13H2,1-2H3,(H,21,22)/t15-/m1/s1. The van der Waals surface area contributed by atoms with Gasteiger partial charge in [0.2, 0.25) is 0 Å². The SMILES string of the molecule is CCOCCO[C@H](C)C(=O)Nc1cccc(Nc2ccccc2)c1. The molecule has 0 saturated carbocycles. The first-order chi connectivity index (χ1) is 11.7. The Morgan fingerprint density at radius 3 is 2.46 bits per heavy atom. The minimum atomic E-state index is -0.531. The maximum atomic E-state index is 12.1. The van der Waals surface area contributed by atoms with E-state index in [0.717, 1.165) is 17.1 Å². The molecule has 0 bridgehead atoms. The Morgan fingerprint density at radius 2 is 1.71 bits per heavy atom. The van der Waals surface area contributed by atoms with E-state index in [2.05, 4.69) is 10.6 Å². The molecule has 1 amide bonds. The van der Waals surface area contributed by atoms with Gasteiger partial charge in [0.05, 0.1) is 13.2 Å². The molecular formula is C19H24N2O3. The van der Waals surface area contributed by atoms with Gasteiger partial charge in [0.1, 0.15) is 6.10 Å². The smallest absolute Gasteiger partial charge is 0.253 e. The van der Waals surface area contributed by atoms with Crippen LogP contribution in [0, 0.1) is 0 Å². The lowest BCUT2D eigenvalue weighted by Gasteiger charge is -2.14. The van der Waals surface area contributed by atoms with Crippen LogP contribution in [0.5, 0.6) is 0 Å². The molecule has 2 N–H and O–H groups in total. The molecule has 0 aliphatic heterocycles. The number of nitrogens with one attached hydrogen (secondary N) is 2. The van der Waals surface area contributed by atoms with Crippen LogP contribution in [0.15, 0.2) is 54.6 Å². The van der Waals surface area contributed by atoms with E-state index in [9.17, 15) is 4.79 Å². The number of rotatable bonds is 9. The molecule has 0 unspecified atom stereocenters. The molecule has 0 heterocycles. The predicted octanol–water partition coefficient (Wildman–Crippen LogP) is 3.81. The second-order valence-corrected chi connectivity index (χ2v) is 5.27. The van der Waals surface area contributed by atoms with Crippen LogP contribution >= 0.6 is 0 Å². The van der Waals surface area contributed by atoms with Crippen molar-refractivity contribution in [3.05, 3.63) is 54.6 Å². The topological polar surface area (TPSA) is 59.6 Å². The fourth-order valence-electron chi connectivity index (χ4n) is 2.11. The molecule has 0 aliphatic carbocycles. The summed E-state index contributed by atoms with van der Waals surface area (Å²) in [6.45, 7) is 5.19. The maximum Gasteiger partial charge on any atom is 0.253 e. The van der Waals surface area contributed by atoms with Gasteiger partial charge >= 0.3 is 0 Å². The molecule has 0 spiro atoms. The molecule has 0 aromatic heterocycles. The molecular weight excluding hydrogens is 304 g/mol. The zero-order valence-corrected chi connectivity index (χ0v) is 14.1. The third-order valence-corrected chi connectivity index (χ3v) is 3.36. The van der Waals surface area contributed by atoms with E-state index >= 15 is 0 Å². The first kappa shape index (κ1) is 18.0. The Labute approximate surface area is 143 Å². The van der Waals surface area contributed by atoms with Crippen molar-refractivity contribution in [1.82, 2.24) is 0 Å². The Hall–Kier alpha value is -2.37. The third kappa shape index (κ3) is 6.02. The lowest BCUT2D eigenvalue weighted by Crippen LogP contribution is -2.28. The zero-order valence-electron chi connectivity index (χ0n) is 14.1. The summed E-state index contributed by atoms with van der Waals surface area (Å²) in [5, 5.41) is 6.16. The van der Waals surface area contributed by atoms with Crippen molar-refractivity contribution < 1.29 is 14.3 Å². The highest BCUT2D eigenvalue weighted by Crippen LogP contribution is 2.20. The zero-order chi connectivity index (χ0) is 17.2. The van der Waals surface area contributed by atoms with E-state index in [1.807, 2.05) is 61.5 Å². The summed E-state index contributed by atoms with van der Waals surface area (Å²) in [4.78, 5) is 12.1. The molecule has 2 aromatic carbocycles. The van der Waals surface area contributed by atoms with Crippen LogP contribution in [0.2, 0.25) is 0 Å². The van der Waals surface area contributed by atoms with Crippen molar-refractivity contribution in [3.63, 3.8) is 0 Å². The number of ether oxygens (including phenoxy) is 2. The summed E-state index contributed by atoms with van der Waals surface area (Å²) < 4.78 is 10.6. The summed E-state index contributed by atoms with van der Waals surface area (Å²) >= 11 is 0. The van der Waals surface area contributed by atoms with Crippen molar-refractivity contribution >= 4 is 23.0 Å². The number of benzene rings is 2. The first-order valence-corrected chi connectivity index (χ1v) is 8.11. The van der Waals surface area contributed by atoms with Crippen LogP contribution < -0.4 is 10.6 Å². The molecule has 0 fully saturated rings. The van der Waals surface area contributed by atoms with Gasteiger partial charge < -0.3 is 20.1 Å². The predicted molar refractivity (Wildman–Crippen MR) is 96.7 cm³/mol. The molecule has 2 rings (SSSR count). The Balaban J connectivity index is 1.88. The van der Waals surface area contributed by atoms with E-state index < -0.39 is 6.10 Å². The molecule has 2 aromatic rings. The summed E-state index contributed by atoms with van der Waals surface area (Å²) in [6.07, 6.45) is -0.531. The molecule has 24 heavy (non-hydrogen) atoms. The van der Waals surface area contributed by atoms with Crippen molar-refractivity contribution in [3.8, 4) is 0 Å². The summed E-state index contributed by atoms with van der Waals surface area (Å²) in [5.41, 5.74) is 2.62. The molecule has 128 valence electrons. The van der Waals surface area contributed by atoms with E-state index in [-0.39, 0.29) is 5.91 Å². The van der Waals surface area contributed by atoms with Gasteiger partial charge in [0.15, 0.2) is 0 Å². The monoisotopic (exact) mass is 328 g/mol. The van der Waals surface area contributed by atoms with Gasteiger partial charge in [0, 0.05) is 23.7 Å². The number of hydrogen-bond donors (Lipinski definition) is 2. The molecule has 5 nitrogen and oxygen atoms in total. The van der Waals surface area contributed by atoms with Gasteiger partial charge in [-0.15, -0.1) is 0 Å². The number of carbonyl (C=O) groups is 1. The minimum Gasteiger partial charge on any atom is -0.379 e. The van der Waals surface area contributed by atoms with Crippen LogP contribution in [0.3, 0.4) is 0 Å². The number of para-hydroxylation sites is 1. The fraction of sp³-hybridized carbons (Fsp3) is 0.316. The van der Waals surface area contributed by atoms with Gasteiger partial charge in [-0.3, -0.25) is 4.79 Å². The number of anilines is 3. The van der Waals surface area contributed by atoms with Crippen molar-refractivity contribution in [2.45, 2.75) is 20.0 Å². The fourth-order valence-corrected chi connectivity index (χ4v) is 2.11. The average molecular weight is 328 g/mol. The van der Waals surface area contributed by atoms with Gasteiger partial charge in [-0.1, -0.05) is 24.3 Å². The lowest BCUT2D eigenvalue weighted by molar-refractivity contribution is -0.127. The Kier molecular flexibility index (Phi) is 7.26. The van der Waals surface area contributed by atoms with E-state index in [1.54, 1.807) is 6.92 Å². The lowest BCUT2D eigenvalue weighted by atomic mass is 10.2. The molecule has 0 radical (unpaired) electrons. The summed E-state index contributed by atoms with van der Waals surface area (Å²) in [5.74, 6) is -0.177. The van der Waals surface area contributed by atoms with E-state index in [0.29, 0.717) is 19.8 Å². The van der Waals surface area contributed by atoms with Crippen molar-refractivity contribution in [2.75, 3.05) is 30.5 Å². The highest BCUT2D eigenvalue weighted by atomic mass is 16.5. The maximum absolute atomic E-state index is 12.1. The molecule has 0 aliphatic rings. The van der Waals surface area contributed by atoms with Crippen molar-refractivity contribution in [2.24, 2.45) is 0 Å².